The molecule has 1 aliphatic carbocycles. The van der Waals surface area contributed by atoms with Gasteiger partial charge in [-0.1, -0.05) is 6.07 Å². The quantitative estimate of drug-likeness (QED) is 0.895. The van der Waals surface area contributed by atoms with Gasteiger partial charge in [-0.25, -0.2) is 4.98 Å². The van der Waals surface area contributed by atoms with Crippen molar-refractivity contribution in [1.82, 2.24) is 15.2 Å². The number of nitrogens with zero attached hydrogens (tertiary/aromatic N) is 2. The van der Waals surface area contributed by atoms with Crippen LogP contribution in [0, 0.1) is 5.92 Å². The Bertz CT molecular complexity index is 554. The molecule has 20 heavy (non-hydrogen) atoms. The summed E-state index contributed by atoms with van der Waals surface area (Å²) in [5.41, 5.74) is 0. The van der Waals surface area contributed by atoms with Gasteiger partial charge in [0.25, 0.3) is 0 Å². The van der Waals surface area contributed by atoms with Crippen LogP contribution in [0.4, 0.5) is 13.2 Å². The molecule has 2 aromatic heterocycles. The number of rotatable bonds is 2. The zero-order valence-corrected chi connectivity index (χ0v) is 11.5. The van der Waals surface area contributed by atoms with Crippen molar-refractivity contribution in [2.75, 3.05) is 0 Å². The summed E-state index contributed by atoms with van der Waals surface area (Å²) in [5.74, 6) is 0.259. The van der Waals surface area contributed by atoms with Crippen LogP contribution in [0.3, 0.4) is 0 Å². The minimum atomic E-state index is -4.06. The molecule has 1 aliphatic rings. The second-order valence-corrected chi connectivity index (χ2v) is 6.06. The van der Waals surface area contributed by atoms with Gasteiger partial charge in [-0.3, -0.25) is 5.10 Å². The van der Waals surface area contributed by atoms with Crippen LogP contribution in [0.25, 0.3) is 10.7 Å². The predicted molar refractivity (Wildman–Crippen MR) is 70.4 cm³/mol. The van der Waals surface area contributed by atoms with Crippen LogP contribution in [-0.2, 0) is 0 Å². The van der Waals surface area contributed by atoms with Crippen LogP contribution in [0.15, 0.2) is 17.5 Å². The van der Waals surface area contributed by atoms with Gasteiger partial charge in [0.15, 0.2) is 5.82 Å². The molecule has 3 rings (SSSR count). The highest BCUT2D eigenvalue weighted by molar-refractivity contribution is 7.13. The summed E-state index contributed by atoms with van der Waals surface area (Å²) < 4.78 is 37.9. The molecule has 0 amide bonds. The number of halogens is 3. The summed E-state index contributed by atoms with van der Waals surface area (Å²) >= 11 is 1.55. The van der Waals surface area contributed by atoms with E-state index in [0.29, 0.717) is 24.5 Å². The molecule has 0 bridgehead atoms. The summed E-state index contributed by atoms with van der Waals surface area (Å²) in [6.07, 6.45) is -2.66. The van der Waals surface area contributed by atoms with E-state index in [9.17, 15) is 13.2 Å². The average Bonchev–Trinajstić information content (AvgIpc) is 3.09. The molecule has 1 fully saturated rings. The number of aromatic nitrogens is 3. The van der Waals surface area contributed by atoms with E-state index < -0.39 is 12.1 Å². The van der Waals surface area contributed by atoms with Crippen LogP contribution in [0.5, 0.6) is 0 Å². The predicted octanol–water partition coefficient (Wildman–Crippen LogP) is 4.37. The van der Waals surface area contributed by atoms with Gasteiger partial charge in [0.05, 0.1) is 10.8 Å². The van der Waals surface area contributed by atoms with E-state index in [1.807, 2.05) is 17.5 Å². The number of nitrogens with one attached hydrogen (secondary N) is 1. The Morgan fingerprint density at radius 2 is 1.95 bits per heavy atom. The van der Waals surface area contributed by atoms with Crippen LogP contribution in [-0.4, -0.2) is 21.4 Å². The van der Waals surface area contributed by atoms with Gasteiger partial charge in [0.2, 0.25) is 0 Å². The number of alkyl halides is 3. The van der Waals surface area contributed by atoms with Crippen molar-refractivity contribution in [2.24, 2.45) is 5.92 Å². The second kappa shape index (κ2) is 5.20. The molecule has 0 atom stereocenters. The minimum Gasteiger partial charge on any atom is -0.262 e. The topological polar surface area (TPSA) is 41.6 Å². The fourth-order valence-corrected chi connectivity index (χ4v) is 3.32. The van der Waals surface area contributed by atoms with Gasteiger partial charge in [-0.05, 0) is 37.1 Å². The van der Waals surface area contributed by atoms with E-state index in [2.05, 4.69) is 15.2 Å². The first-order valence-electron chi connectivity index (χ1n) is 6.57. The lowest BCUT2D eigenvalue weighted by atomic mass is 9.81. The normalized spacial score (nSPS) is 23.9. The Kier molecular flexibility index (Phi) is 3.54. The van der Waals surface area contributed by atoms with Crippen molar-refractivity contribution in [3.8, 4) is 10.7 Å². The Morgan fingerprint density at radius 3 is 2.55 bits per heavy atom. The maximum Gasteiger partial charge on any atom is 0.391 e. The fraction of sp³-hybridized carbons (Fsp3) is 0.538. The summed E-state index contributed by atoms with van der Waals surface area (Å²) in [6.45, 7) is 0. The number of hydrogen-bond donors (Lipinski definition) is 1. The Balaban J connectivity index is 1.67. The third-order valence-corrected chi connectivity index (χ3v) is 4.69. The first-order chi connectivity index (χ1) is 9.54. The van der Waals surface area contributed by atoms with Gasteiger partial charge < -0.3 is 0 Å². The average molecular weight is 301 g/mol. The summed E-state index contributed by atoms with van der Waals surface area (Å²) in [7, 11) is 0. The van der Waals surface area contributed by atoms with E-state index >= 15 is 0 Å². The zero-order valence-electron chi connectivity index (χ0n) is 10.7. The van der Waals surface area contributed by atoms with E-state index in [1.165, 1.54) is 0 Å². The molecule has 1 saturated carbocycles. The fourth-order valence-electron chi connectivity index (χ4n) is 2.67. The van der Waals surface area contributed by atoms with E-state index in [1.54, 1.807) is 11.3 Å². The SMILES string of the molecule is FC(F)(F)C1CCC(c2nc(-c3cccs3)n[nH]2)CC1. The molecule has 2 aromatic rings. The molecule has 0 spiro atoms. The van der Waals surface area contributed by atoms with Crippen molar-refractivity contribution in [2.45, 2.75) is 37.8 Å². The largest absolute Gasteiger partial charge is 0.391 e. The molecule has 1 N–H and O–H groups in total. The van der Waals surface area contributed by atoms with Crippen LogP contribution in [0.1, 0.15) is 37.4 Å². The lowest BCUT2D eigenvalue weighted by molar-refractivity contribution is -0.182. The summed E-state index contributed by atoms with van der Waals surface area (Å²) in [4.78, 5) is 5.40. The van der Waals surface area contributed by atoms with Crippen molar-refractivity contribution in [3.63, 3.8) is 0 Å². The first-order valence-corrected chi connectivity index (χ1v) is 7.45. The van der Waals surface area contributed by atoms with Gasteiger partial charge in [0, 0.05) is 5.92 Å². The van der Waals surface area contributed by atoms with Gasteiger partial charge in [0.1, 0.15) is 5.82 Å². The highest BCUT2D eigenvalue weighted by Gasteiger charge is 2.42. The van der Waals surface area contributed by atoms with Crippen molar-refractivity contribution in [1.29, 1.82) is 0 Å². The second-order valence-electron chi connectivity index (χ2n) is 5.11. The molecule has 108 valence electrons. The molecule has 2 heterocycles. The number of hydrogen-bond acceptors (Lipinski definition) is 3. The molecule has 0 aliphatic heterocycles. The third-order valence-electron chi connectivity index (χ3n) is 3.82. The van der Waals surface area contributed by atoms with E-state index in [4.69, 9.17) is 0 Å². The standard InChI is InChI=1S/C13H14F3N3S/c14-13(15,16)9-5-3-8(4-6-9)11-17-12(19-18-11)10-2-1-7-20-10/h1-2,7-9H,3-6H2,(H,17,18,19). The molecule has 0 saturated heterocycles. The molecule has 3 nitrogen and oxygen atoms in total. The monoisotopic (exact) mass is 301 g/mol. The Labute approximate surface area is 118 Å². The highest BCUT2D eigenvalue weighted by Crippen LogP contribution is 2.42. The number of thiophene rings is 1. The number of H-pyrrole nitrogens is 1. The third kappa shape index (κ3) is 2.72. The molecular formula is C13H14F3N3S. The molecule has 7 heteroatoms. The smallest absolute Gasteiger partial charge is 0.262 e. The first kappa shape index (κ1) is 13.6. The molecule has 0 radical (unpaired) electrons. The maximum atomic E-state index is 12.6. The van der Waals surface area contributed by atoms with Crippen LogP contribution < -0.4 is 0 Å². The van der Waals surface area contributed by atoms with Gasteiger partial charge in [-0.15, -0.1) is 11.3 Å². The number of aromatic amines is 1. The molecular weight excluding hydrogens is 287 g/mol. The minimum absolute atomic E-state index is 0.0646. The van der Waals surface area contributed by atoms with Gasteiger partial charge >= 0.3 is 6.18 Å². The molecule has 0 unspecified atom stereocenters. The lowest BCUT2D eigenvalue weighted by Gasteiger charge is -2.28. The van der Waals surface area contributed by atoms with E-state index in [-0.39, 0.29) is 18.8 Å². The lowest BCUT2D eigenvalue weighted by Crippen LogP contribution is -2.27. The van der Waals surface area contributed by atoms with Crippen molar-refractivity contribution >= 4 is 11.3 Å². The van der Waals surface area contributed by atoms with Crippen LogP contribution in [0.2, 0.25) is 0 Å². The van der Waals surface area contributed by atoms with Gasteiger partial charge in [-0.2, -0.15) is 18.3 Å². The Hall–Kier alpha value is -1.37. The van der Waals surface area contributed by atoms with Crippen LogP contribution >= 0.6 is 11.3 Å². The zero-order chi connectivity index (χ0) is 14.2. The highest BCUT2D eigenvalue weighted by atomic mass is 32.1. The van der Waals surface area contributed by atoms with E-state index in [0.717, 1.165) is 4.88 Å². The molecule has 0 aromatic carbocycles. The Morgan fingerprint density at radius 1 is 1.20 bits per heavy atom. The van der Waals surface area contributed by atoms with Crippen molar-refractivity contribution in [3.05, 3.63) is 23.3 Å². The van der Waals surface area contributed by atoms with Crippen molar-refractivity contribution < 1.29 is 13.2 Å². The summed E-state index contributed by atoms with van der Waals surface area (Å²) in [6, 6.07) is 3.85. The maximum absolute atomic E-state index is 12.6. The summed E-state index contributed by atoms with van der Waals surface area (Å²) in [5, 5.41) is 8.98.